The predicted molar refractivity (Wildman–Crippen MR) is 113 cm³/mol. The standard InChI is InChI=1S/C20H30N6O4/c27-15-17-13-18(28)7-12-24(17)11-4-2-1-3-8-21-19-6-5-16(14-20(19)26(29)30)25-22-9-10-23-25/h5-6,9-10,14,17-18,21,27-28H,1-4,7-8,11-13,15H2/t17-,18+/m0/s1. The van der Waals surface area contributed by atoms with Crippen molar-refractivity contribution in [3.05, 3.63) is 40.7 Å². The predicted octanol–water partition coefficient (Wildman–Crippen LogP) is 1.97. The first-order chi connectivity index (χ1) is 14.6. The quantitative estimate of drug-likeness (QED) is 0.287. The molecular formula is C20H30N6O4. The molecule has 0 amide bonds. The second kappa shape index (κ2) is 11.0. The molecule has 1 saturated heterocycles. The fourth-order valence-corrected chi connectivity index (χ4v) is 3.87. The third-order valence-electron chi connectivity index (χ3n) is 5.54. The van der Waals surface area contributed by atoms with E-state index in [0.717, 1.165) is 45.2 Å². The Bertz CT molecular complexity index is 801. The Labute approximate surface area is 175 Å². The van der Waals surface area contributed by atoms with Crippen molar-refractivity contribution < 1.29 is 15.1 Å². The lowest BCUT2D eigenvalue weighted by atomic mass is 9.99. The molecule has 0 unspecified atom stereocenters. The van der Waals surface area contributed by atoms with Crippen LogP contribution >= 0.6 is 0 Å². The van der Waals surface area contributed by atoms with Gasteiger partial charge in [-0.2, -0.15) is 15.0 Å². The van der Waals surface area contributed by atoms with Crippen molar-refractivity contribution in [2.24, 2.45) is 0 Å². The van der Waals surface area contributed by atoms with E-state index in [2.05, 4.69) is 20.4 Å². The highest BCUT2D eigenvalue weighted by Crippen LogP contribution is 2.27. The van der Waals surface area contributed by atoms with Gasteiger partial charge >= 0.3 is 0 Å². The number of hydrogen-bond acceptors (Lipinski definition) is 8. The molecule has 1 aromatic carbocycles. The van der Waals surface area contributed by atoms with Crippen molar-refractivity contribution in [2.75, 3.05) is 31.6 Å². The summed E-state index contributed by atoms with van der Waals surface area (Å²) in [4.78, 5) is 14.6. The van der Waals surface area contributed by atoms with Gasteiger partial charge in [0, 0.05) is 25.2 Å². The highest BCUT2D eigenvalue weighted by Gasteiger charge is 2.26. The minimum absolute atomic E-state index is 0.00660. The number of nitro groups is 1. The lowest BCUT2D eigenvalue weighted by molar-refractivity contribution is -0.383. The number of anilines is 1. The number of nitrogens with zero attached hydrogens (tertiary/aromatic N) is 5. The Morgan fingerprint density at radius 1 is 1.20 bits per heavy atom. The molecule has 2 aromatic rings. The topological polar surface area (TPSA) is 130 Å². The van der Waals surface area contributed by atoms with Crippen molar-refractivity contribution in [3.63, 3.8) is 0 Å². The van der Waals surface area contributed by atoms with Crippen LogP contribution in [0, 0.1) is 10.1 Å². The third kappa shape index (κ3) is 5.97. The highest BCUT2D eigenvalue weighted by molar-refractivity contribution is 5.64. The lowest BCUT2D eigenvalue weighted by Crippen LogP contribution is -2.46. The average Bonchev–Trinajstić information content (AvgIpc) is 3.28. The van der Waals surface area contributed by atoms with Crippen molar-refractivity contribution in [1.82, 2.24) is 19.9 Å². The minimum atomic E-state index is -0.400. The maximum absolute atomic E-state index is 11.4. The molecule has 1 aromatic heterocycles. The second-order valence-electron chi connectivity index (χ2n) is 7.67. The van der Waals surface area contributed by atoms with E-state index < -0.39 is 4.92 Å². The van der Waals surface area contributed by atoms with Gasteiger partial charge < -0.3 is 15.5 Å². The molecule has 10 heteroatoms. The Morgan fingerprint density at radius 2 is 1.97 bits per heavy atom. The first-order valence-corrected chi connectivity index (χ1v) is 10.5. The van der Waals surface area contributed by atoms with Crippen LogP contribution < -0.4 is 5.32 Å². The summed E-state index contributed by atoms with van der Waals surface area (Å²) in [6, 6.07) is 4.98. The summed E-state index contributed by atoms with van der Waals surface area (Å²) in [6.45, 7) is 2.52. The number of aliphatic hydroxyl groups excluding tert-OH is 2. The molecule has 1 aliphatic heterocycles. The van der Waals surface area contributed by atoms with E-state index in [1.807, 2.05) is 0 Å². The van der Waals surface area contributed by atoms with Gasteiger partial charge in [-0.25, -0.2) is 0 Å². The van der Waals surface area contributed by atoms with E-state index in [1.165, 1.54) is 23.3 Å². The van der Waals surface area contributed by atoms with Crippen LogP contribution in [-0.4, -0.2) is 73.4 Å². The van der Waals surface area contributed by atoms with Crippen molar-refractivity contribution in [3.8, 4) is 5.69 Å². The van der Waals surface area contributed by atoms with Crippen LogP contribution in [0.15, 0.2) is 30.6 Å². The molecule has 2 heterocycles. The van der Waals surface area contributed by atoms with Crippen molar-refractivity contribution in [2.45, 2.75) is 50.7 Å². The van der Waals surface area contributed by atoms with Gasteiger partial charge in [-0.1, -0.05) is 12.8 Å². The highest BCUT2D eigenvalue weighted by atomic mass is 16.6. The van der Waals surface area contributed by atoms with Crippen LogP contribution in [0.2, 0.25) is 0 Å². The van der Waals surface area contributed by atoms with E-state index in [-0.39, 0.29) is 24.4 Å². The van der Waals surface area contributed by atoms with Crippen LogP contribution in [0.4, 0.5) is 11.4 Å². The number of benzene rings is 1. The molecule has 30 heavy (non-hydrogen) atoms. The van der Waals surface area contributed by atoms with E-state index >= 15 is 0 Å². The molecule has 1 aliphatic rings. The number of nitro benzene ring substituents is 1. The molecule has 1 fully saturated rings. The Balaban J connectivity index is 1.39. The van der Waals surface area contributed by atoms with Gasteiger partial charge in [0.2, 0.25) is 0 Å². The van der Waals surface area contributed by atoms with Crippen molar-refractivity contribution >= 4 is 11.4 Å². The zero-order valence-corrected chi connectivity index (χ0v) is 17.1. The zero-order valence-electron chi connectivity index (χ0n) is 17.1. The molecule has 3 N–H and O–H groups in total. The molecule has 2 atom stereocenters. The van der Waals surface area contributed by atoms with Crippen LogP contribution in [0.25, 0.3) is 5.69 Å². The number of hydrogen-bond donors (Lipinski definition) is 3. The third-order valence-corrected chi connectivity index (χ3v) is 5.54. The molecular weight excluding hydrogens is 388 g/mol. The summed E-state index contributed by atoms with van der Waals surface area (Å²) in [5.41, 5.74) is 1.05. The molecule has 0 aliphatic carbocycles. The van der Waals surface area contributed by atoms with E-state index in [4.69, 9.17) is 0 Å². The monoisotopic (exact) mass is 418 g/mol. The Hall–Kier alpha value is -2.56. The zero-order chi connectivity index (χ0) is 21.3. The largest absolute Gasteiger partial charge is 0.395 e. The number of aliphatic hydroxyl groups is 2. The minimum Gasteiger partial charge on any atom is -0.395 e. The molecule has 0 saturated carbocycles. The number of nitrogens with one attached hydrogen (secondary N) is 1. The summed E-state index contributed by atoms with van der Waals surface area (Å²) in [7, 11) is 0. The smallest absolute Gasteiger partial charge is 0.294 e. The summed E-state index contributed by atoms with van der Waals surface area (Å²) in [5.74, 6) is 0. The summed E-state index contributed by atoms with van der Waals surface area (Å²) in [6.07, 6.45) is 8.22. The summed E-state index contributed by atoms with van der Waals surface area (Å²) >= 11 is 0. The second-order valence-corrected chi connectivity index (χ2v) is 7.67. The summed E-state index contributed by atoms with van der Waals surface area (Å²) in [5, 5.41) is 41.8. The number of unbranched alkanes of at least 4 members (excludes halogenated alkanes) is 3. The maximum Gasteiger partial charge on any atom is 0.294 e. The van der Waals surface area contributed by atoms with Gasteiger partial charge in [0.05, 0.1) is 35.7 Å². The summed E-state index contributed by atoms with van der Waals surface area (Å²) < 4.78 is 0. The van der Waals surface area contributed by atoms with Crippen LogP contribution in [0.1, 0.15) is 38.5 Å². The molecule has 0 radical (unpaired) electrons. The van der Waals surface area contributed by atoms with Gasteiger partial charge in [0.15, 0.2) is 0 Å². The average molecular weight is 418 g/mol. The Kier molecular flexibility index (Phi) is 8.12. The molecule has 3 rings (SSSR count). The number of aromatic nitrogens is 3. The fourth-order valence-electron chi connectivity index (χ4n) is 3.87. The number of likely N-dealkylation sites (tertiary alicyclic amines) is 1. The fraction of sp³-hybridized carbons (Fsp3) is 0.600. The first kappa shape index (κ1) is 22.1. The van der Waals surface area contributed by atoms with E-state index in [1.54, 1.807) is 12.1 Å². The van der Waals surface area contributed by atoms with Gasteiger partial charge in [0.25, 0.3) is 5.69 Å². The number of rotatable bonds is 11. The van der Waals surface area contributed by atoms with E-state index in [0.29, 0.717) is 24.3 Å². The van der Waals surface area contributed by atoms with Crippen LogP contribution in [0.3, 0.4) is 0 Å². The van der Waals surface area contributed by atoms with Crippen molar-refractivity contribution in [1.29, 1.82) is 0 Å². The number of piperidine rings is 1. The van der Waals surface area contributed by atoms with Gasteiger partial charge in [0.1, 0.15) is 5.69 Å². The van der Waals surface area contributed by atoms with Gasteiger partial charge in [-0.15, -0.1) is 0 Å². The molecule has 0 bridgehead atoms. The normalized spacial score (nSPS) is 19.7. The first-order valence-electron chi connectivity index (χ1n) is 10.5. The molecule has 10 nitrogen and oxygen atoms in total. The van der Waals surface area contributed by atoms with Crippen LogP contribution in [0.5, 0.6) is 0 Å². The Morgan fingerprint density at radius 3 is 2.70 bits per heavy atom. The van der Waals surface area contributed by atoms with E-state index in [9.17, 15) is 20.3 Å². The van der Waals surface area contributed by atoms with Gasteiger partial charge in [-0.05, 0) is 44.4 Å². The van der Waals surface area contributed by atoms with Gasteiger partial charge in [-0.3, -0.25) is 15.0 Å². The maximum atomic E-state index is 11.4. The molecule has 0 spiro atoms. The van der Waals surface area contributed by atoms with Crippen LogP contribution in [-0.2, 0) is 0 Å². The lowest BCUT2D eigenvalue weighted by Gasteiger charge is -2.36. The SMILES string of the molecule is O=[N+]([O-])c1cc(-n2nccn2)ccc1NCCCCCCN1CC[C@@H](O)C[C@H]1CO. The molecule has 164 valence electrons.